The SMILES string of the molecule is CNCc1coc(C2CCNC2)n1. The van der Waals surface area contributed by atoms with Gasteiger partial charge in [-0.1, -0.05) is 0 Å². The van der Waals surface area contributed by atoms with Gasteiger partial charge in [0.25, 0.3) is 0 Å². The molecule has 2 N–H and O–H groups in total. The summed E-state index contributed by atoms with van der Waals surface area (Å²) < 4.78 is 5.41. The number of nitrogens with zero attached hydrogens (tertiary/aromatic N) is 1. The van der Waals surface area contributed by atoms with Gasteiger partial charge in [-0.3, -0.25) is 0 Å². The zero-order valence-corrected chi connectivity index (χ0v) is 7.84. The molecule has 1 atom stereocenters. The number of hydrogen-bond acceptors (Lipinski definition) is 4. The lowest BCUT2D eigenvalue weighted by molar-refractivity contribution is 0.457. The zero-order chi connectivity index (χ0) is 9.10. The maximum absolute atomic E-state index is 5.41. The molecule has 1 aliphatic rings. The van der Waals surface area contributed by atoms with Crippen molar-refractivity contribution in [2.75, 3.05) is 20.1 Å². The van der Waals surface area contributed by atoms with Gasteiger partial charge in [-0.15, -0.1) is 0 Å². The van der Waals surface area contributed by atoms with Crippen LogP contribution in [-0.4, -0.2) is 25.1 Å². The minimum atomic E-state index is 0.477. The largest absolute Gasteiger partial charge is 0.448 e. The molecule has 0 spiro atoms. The van der Waals surface area contributed by atoms with Crippen LogP contribution >= 0.6 is 0 Å². The second-order valence-electron chi connectivity index (χ2n) is 3.40. The molecule has 4 heteroatoms. The summed E-state index contributed by atoms with van der Waals surface area (Å²) in [6.45, 7) is 2.86. The van der Waals surface area contributed by atoms with Crippen LogP contribution in [0, 0.1) is 0 Å². The molecule has 1 aromatic rings. The van der Waals surface area contributed by atoms with Crippen LogP contribution in [-0.2, 0) is 6.54 Å². The fraction of sp³-hybridized carbons (Fsp3) is 0.667. The van der Waals surface area contributed by atoms with Gasteiger partial charge in [-0.2, -0.15) is 0 Å². The number of oxazole rings is 1. The van der Waals surface area contributed by atoms with E-state index in [0.29, 0.717) is 5.92 Å². The summed E-state index contributed by atoms with van der Waals surface area (Å²) in [5.41, 5.74) is 0.990. The lowest BCUT2D eigenvalue weighted by Gasteiger charge is -2.00. The van der Waals surface area contributed by atoms with Gasteiger partial charge < -0.3 is 15.1 Å². The minimum Gasteiger partial charge on any atom is -0.448 e. The maximum Gasteiger partial charge on any atom is 0.198 e. The third kappa shape index (κ3) is 1.89. The topological polar surface area (TPSA) is 50.1 Å². The maximum atomic E-state index is 5.41. The molecule has 1 aliphatic heterocycles. The van der Waals surface area contributed by atoms with E-state index in [0.717, 1.165) is 37.6 Å². The Kier molecular flexibility index (Phi) is 2.61. The predicted octanol–water partition coefficient (Wildman–Crippen LogP) is 0.471. The highest BCUT2D eigenvalue weighted by Crippen LogP contribution is 2.21. The van der Waals surface area contributed by atoms with Crippen molar-refractivity contribution >= 4 is 0 Å². The van der Waals surface area contributed by atoms with Crippen LogP contribution in [0.3, 0.4) is 0 Å². The minimum absolute atomic E-state index is 0.477. The molecule has 1 saturated heterocycles. The van der Waals surface area contributed by atoms with Gasteiger partial charge in [0.15, 0.2) is 5.89 Å². The highest BCUT2D eigenvalue weighted by molar-refractivity contribution is 5.03. The Balaban J connectivity index is 2.03. The lowest BCUT2D eigenvalue weighted by Crippen LogP contribution is -2.09. The first-order valence-corrected chi connectivity index (χ1v) is 4.70. The first-order chi connectivity index (χ1) is 6.40. The molecule has 1 fully saturated rings. The Morgan fingerprint density at radius 1 is 1.77 bits per heavy atom. The van der Waals surface area contributed by atoms with Crippen LogP contribution < -0.4 is 10.6 Å². The molecule has 2 rings (SSSR count). The summed E-state index contributed by atoms with van der Waals surface area (Å²) in [5, 5.41) is 6.35. The number of hydrogen-bond donors (Lipinski definition) is 2. The first-order valence-electron chi connectivity index (χ1n) is 4.70. The van der Waals surface area contributed by atoms with Gasteiger partial charge >= 0.3 is 0 Å². The third-order valence-electron chi connectivity index (χ3n) is 2.34. The average molecular weight is 181 g/mol. The molecule has 0 radical (unpaired) electrons. The second-order valence-corrected chi connectivity index (χ2v) is 3.40. The summed E-state index contributed by atoms with van der Waals surface area (Å²) in [6.07, 6.45) is 2.88. The summed E-state index contributed by atoms with van der Waals surface area (Å²) in [4.78, 5) is 4.41. The Morgan fingerprint density at radius 2 is 2.69 bits per heavy atom. The summed E-state index contributed by atoms with van der Waals surface area (Å²) in [6, 6.07) is 0. The molecule has 0 aliphatic carbocycles. The van der Waals surface area contributed by atoms with E-state index in [2.05, 4.69) is 15.6 Å². The molecule has 13 heavy (non-hydrogen) atoms. The molecule has 1 aromatic heterocycles. The van der Waals surface area contributed by atoms with Gasteiger partial charge in [-0.25, -0.2) is 4.98 Å². The molecular formula is C9H15N3O. The molecule has 0 saturated carbocycles. The number of nitrogens with one attached hydrogen (secondary N) is 2. The Morgan fingerprint density at radius 3 is 3.38 bits per heavy atom. The van der Waals surface area contributed by atoms with Crippen molar-refractivity contribution in [2.45, 2.75) is 18.9 Å². The lowest BCUT2D eigenvalue weighted by atomic mass is 10.1. The standard InChI is InChI=1S/C9H15N3O/c1-10-5-8-6-13-9(12-8)7-2-3-11-4-7/h6-7,10-11H,2-5H2,1H3. The van der Waals surface area contributed by atoms with E-state index in [1.807, 2.05) is 7.05 Å². The quantitative estimate of drug-likeness (QED) is 0.711. The summed E-state index contributed by atoms with van der Waals surface area (Å²) in [7, 11) is 1.91. The Bertz CT molecular complexity index is 266. The number of rotatable bonds is 3. The highest BCUT2D eigenvalue weighted by Gasteiger charge is 2.21. The van der Waals surface area contributed by atoms with E-state index in [9.17, 15) is 0 Å². The average Bonchev–Trinajstić information content (AvgIpc) is 2.70. The Hall–Kier alpha value is -0.870. The fourth-order valence-electron chi connectivity index (χ4n) is 1.64. The van der Waals surface area contributed by atoms with Gasteiger partial charge in [0.2, 0.25) is 0 Å². The van der Waals surface area contributed by atoms with Crippen molar-refractivity contribution in [1.29, 1.82) is 0 Å². The predicted molar refractivity (Wildman–Crippen MR) is 49.5 cm³/mol. The van der Waals surface area contributed by atoms with Crippen molar-refractivity contribution in [3.63, 3.8) is 0 Å². The van der Waals surface area contributed by atoms with E-state index in [-0.39, 0.29) is 0 Å². The van der Waals surface area contributed by atoms with E-state index >= 15 is 0 Å². The van der Waals surface area contributed by atoms with Crippen LogP contribution in [0.4, 0.5) is 0 Å². The van der Waals surface area contributed by atoms with Crippen LogP contribution in [0.2, 0.25) is 0 Å². The van der Waals surface area contributed by atoms with Gasteiger partial charge in [0.05, 0.1) is 5.69 Å². The molecule has 0 bridgehead atoms. The number of aromatic nitrogens is 1. The molecule has 72 valence electrons. The van der Waals surface area contributed by atoms with E-state index in [1.54, 1.807) is 6.26 Å². The zero-order valence-electron chi connectivity index (χ0n) is 7.84. The highest BCUT2D eigenvalue weighted by atomic mass is 16.3. The summed E-state index contributed by atoms with van der Waals surface area (Å²) in [5.74, 6) is 1.36. The molecular weight excluding hydrogens is 166 g/mol. The second kappa shape index (κ2) is 3.89. The fourth-order valence-corrected chi connectivity index (χ4v) is 1.64. The molecule has 2 heterocycles. The van der Waals surface area contributed by atoms with Crippen molar-refractivity contribution in [2.24, 2.45) is 0 Å². The Labute approximate surface area is 77.7 Å². The molecule has 4 nitrogen and oxygen atoms in total. The van der Waals surface area contributed by atoms with Crippen molar-refractivity contribution in [1.82, 2.24) is 15.6 Å². The molecule has 0 amide bonds. The smallest absolute Gasteiger partial charge is 0.198 e. The van der Waals surface area contributed by atoms with Crippen LogP contribution in [0.25, 0.3) is 0 Å². The van der Waals surface area contributed by atoms with Gasteiger partial charge in [0, 0.05) is 19.0 Å². The molecule has 1 unspecified atom stereocenters. The monoisotopic (exact) mass is 181 g/mol. The van der Waals surface area contributed by atoms with Crippen molar-refractivity contribution < 1.29 is 4.42 Å². The van der Waals surface area contributed by atoms with Crippen LogP contribution in [0.1, 0.15) is 23.9 Å². The van der Waals surface area contributed by atoms with Gasteiger partial charge in [-0.05, 0) is 20.0 Å². The van der Waals surface area contributed by atoms with Crippen molar-refractivity contribution in [3.8, 4) is 0 Å². The first kappa shape index (κ1) is 8.72. The third-order valence-corrected chi connectivity index (χ3v) is 2.34. The van der Waals surface area contributed by atoms with Gasteiger partial charge in [0.1, 0.15) is 6.26 Å². The van der Waals surface area contributed by atoms with Crippen molar-refractivity contribution in [3.05, 3.63) is 17.8 Å². The van der Waals surface area contributed by atoms with Crippen LogP contribution in [0.15, 0.2) is 10.7 Å². The van der Waals surface area contributed by atoms with E-state index < -0.39 is 0 Å². The molecule has 0 aromatic carbocycles. The van der Waals surface area contributed by atoms with Crippen LogP contribution in [0.5, 0.6) is 0 Å². The normalized spacial score (nSPS) is 22.4. The van der Waals surface area contributed by atoms with E-state index in [4.69, 9.17) is 4.42 Å². The van der Waals surface area contributed by atoms with E-state index in [1.165, 1.54) is 0 Å². The summed E-state index contributed by atoms with van der Waals surface area (Å²) >= 11 is 0.